The van der Waals surface area contributed by atoms with Crippen LogP contribution in [-0.4, -0.2) is 27.0 Å². The summed E-state index contributed by atoms with van der Waals surface area (Å²) in [5.74, 6) is 1.66. The molecule has 102 valence electrons. The fraction of sp³-hybridized carbons (Fsp3) is 0.308. The van der Waals surface area contributed by atoms with Crippen molar-refractivity contribution >= 4 is 27.7 Å². The van der Waals surface area contributed by atoms with Gasteiger partial charge in [0.05, 0.1) is 25.1 Å². The van der Waals surface area contributed by atoms with Gasteiger partial charge in [0.2, 0.25) is 0 Å². The number of nitrogens with zero attached hydrogens (tertiary/aromatic N) is 2. The Hall–Kier alpha value is -0.980. The van der Waals surface area contributed by atoms with Crippen molar-refractivity contribution < 1.29 is 9.84 Å². The number of hydrogen-bond acceptors (Lipinski definition) is 4. The molecule has 0 aliphatic heterocycles. The summed E-state index contributed by atoms with van der Waals surface area (Å²) in [6.45, 7) is 0.626. The van der Waals surface area contributed by atoms with E-state index in [9.17, 15) is 0 Å². The molecule has 1 aromatic heterocycles. The molecule has 0 atom stereocenters. The largest absolute Gasteiger partial charge is 0.493 e. The lowest BCUT2D eigenvalue weighted by molar-refractivity contribution is 0.271. The average Bonchev–Trinajstić information content (AvgIpc) is 2.76. The molecule has 6 heteroatoms. The van der Waals surface area contributed by atoms with Gasteiger partial charge in [-0.15, -0.1) is 0 Å². The van der Waals surface area contributed by atoms with Crippen molar-refractivity contribution in [2.75, 3.05) is 12.4 Å². The number of halogens is 1. The third kappa shape index (κ3) is 3.99. The van der Waals surface area contributed by atoms with Gasteiger partial charge in [0.15, 0.2) is 5.16 Å². The minimum Gasteiger partial charge on any atom is -0.493 e. The first kappa shape index (κ1) is 14.4. The summed E-state index contributed by atoms with van der Waals surface area (Å²) in [5, 5.41) is 9.97. The standard InChI is InChI=1S/C13H15BrN2O2S/c1-16-11(9-17)8-15-13(16)19-6-5-18-12-4-2-3-10(14)7-12/h2-4,7-8,17H,5-6,9H2,1H3. The highest BCUT2D eigenvalue weighted by atomic mass is 79.9. The van der Waals surface area contributed by atoms with Crippen LogP contribution in [0.15, 0.2) is 40.1 Å². The van der Waals surface area contributed by atoms with Gasteiger partial charge in [-0.05, 0) is 18.2 Å². The van der Waals surface area contributed by atoms with Crippen molar-refractivity contribution in [2.45, 2.75) is 11.8 Å². The van der Waals surface area contributed by atoms with Crippen LogP contribution >= 0.6 is 27.7 Å². The molecule has 4 nitrogen and oxygen atoms in total. The monoisotopic (exact) mass is 342 g/mol. The lowest BCUT2D eigenvalue weighted by atomic mass is 10.3. The highest BCUT2D eigenvalue weighted by Crippen LogP contribution is 2.20. The quantitative estimate of drug-likeness (QED) is 0.647. The molecule has 0 saturated carbocycles. The fourth-order valence-corrected chi connectivity index (χ4v) is 2.72. The van der Waals surface area contributed by atoms with Crippen molar-refractivity contribution in [2.24, 2.45) is 7.05 Å². The summed E-state index contributed by atoms with van der Waals surface area (Å²) in [5.41, 5.74) is 0.815. The molecule has 1 heterocycles. The lowest BCUT2D eigenvalue weighted by Gasteiger charge is -2.06. The van der Waals surface area contributed by atoms with Gasteiger partial charge in [-0.25, -0.2) is 4.98 Å². The second-order valence-corrected chi connectivity index (χ2v) is 5.88. The Kier molecular flexibility index (Phi) is 5.30. The predicted octanol–water partition coefficient (Wildman–Crippen LogP) is 2.85. The smallest absolute Gasteiger partial charge is 0.168 e. The Balaban J connectivity index is 1.79. The molecular weight excluding hydrogens is 328 g/mol. The first-order valence-corrected chi connectivity index (χ1v) is 7.61. The van der Waals surface area contributed by atoms with Crippen LogP contribution in [0.4, 0.5) is 0 Å². The van der Waals surface area contributed by atoms with E-state index < -0.39 is 0 Å². The number of aromatic nitrogens is 2. The summed E-state index contributed by atoms with van der Waals surface area (Å²) >= 11 is 5.02. The zero-order valence-corrected chi connectivity index (χ0v) is 12.9. The topological polar surface area (TPSA) is 47.3 Å². The Labute approximate surface area is 124 Å². The number of benzene rings is 1. The second-order valence-electron chi connectivity index (χ2n) is 3.90. The van der Waals surface area contributed by atoms with Crippen molar-refractivity contribution in [3.63, 3.8) is 0 Å². The van der Waals surface area contributed by atoms with Crippen LogP contribution in [0.1, 0.15) is 5.69 Å². The number of hydrogen-bond donors (Lipinski definition) is 1. The van der Waals surface area contributed by atoms with Crippen molar-refractivity contribution in [3.05, 3.63) is 40.6 Å². The molecule has 0 fully saturated rings. The summed E-state index contributed by atoms with van der Waals surface area (Å²) in [6.07, 6.45) is 1.69. The van der Waals surface area contributed by atoms with E-state index in [1.807, 2.05) is 35.9 Å². The molecule has 0 unspecified atom stereocenters. The SMILES string of the molecule is Cn1c(CO)cnc1SCCOc1cccc(Br)c1. The highest BCUT2D eigenvalue weighted by molar-refractivity contribution is 9.10. The van der Waals surface area contributed by atoms with Gasteiger partial charge in [0.1, 0.15) is 5.75 Å². The van der Waals surface area contributed by atoms with Crippen LogP contribution in [0.2, 0.25) is 0 Å². The molecule has 1 aromatic carbocycles. The van der Waals surface area contributed by atoms with Gasteiger partial charge in [0.25, 0.3) is 0 Å². The molecule has 1 N–H and O–H groups in total. The van der Waals surface area contributed by atoms with E-state index in [0.29, 0.717) is 6.61 Å². The molecule has 19 heavy (non-hydrogen) atoms. The maximum absolute atomic E-state index is 9.08. The molecule has 0 amide bonds. The fourth-order valence-electron chi connectivity index (χ4n) is 1.56. The molecule has 0 bridgehead atoms. The highest BCUT2D eigenvalue weighted by Gasteiger charge is 2.05. The zero-order chi connectivity index (χ0) is 13.7. The van der Waals surface area contributed by atoms with Crippen LogP contribution in [0.3, 0.4) is 0 Å². The lowest BCUT2D eigenvalue weighted by Crippen LogP contribution is -2.02. The van der Waals surface area contributed by atoms with Gasteiger partial charge < -0.3 is 14.4 Å². The van der Waals surface area contributed by atoms with E-state index in [1.54, 1.807) is 18.0 Å². The summed E-state index contributed by atoms with van der Waals surface area (Å²) in [4.78, 5) is 4.25. The number of ether oxygens (including phenoxy) is 1. The van der Waals surface area contributed by atoms with Crippen LogP contribution < -0.4 is 4.74 Å². The molecule has 0 radical (unpaired) electrons. The molecule has 2 aromatic rings. The third-order valence-electron chi connectivity index (χ3n) is 2.58. The summed E-state index contributed by atoms with van der Waals surface area (Å²) < 4.78 is 8.55. The van der Waals surface area contributed by atoms with Crippen molar-refractivity contribution in [1.29, 1.82) is 0 Å². The molecule has 0 aliphatic rings. The minimum atomic E-state index is 0.0125. The van der Waals surface area contributed by atoms with Crippen LogP contribution in [-0.2, 0) is 13.7 Å². The van der Waals surface area contributed by atoms with Gasteiger partial charge >= 0.3 is 0 Å². The minimum absolute atomic E-state index is 0.0125. The Morgan fingerprint density at radius 2 is 2.32 bits per heavy atom. The predicted molar refractivity (Wildman–Crippen MR) is 79.5 cm³/mol. The molecule has 0 spiro atoms. The normalized spacial score (nSPS) is 10.7. The Morgan fingerprint density at radius 1 is 1.47 bits per heavy atom. The number of imidazole rings is 1. The molecule has 2 rings (SSSR count). The maximum Gasteiger partial charge on any atom is 0.168 e. The van der Waals surface area contributed by atoms with Gasteiger partial charge in [-0.3, -0.25) is 0 Å². The van der Waals surface area contributed by atoms with Crippen LogP contribution in [0.5, 0.6) is 5.75 Å². The van der Waals surface area contributed by atoms with Gasteiger partial charge in [0, 0.05) is 17.3 Å². The van der Waals surface area contributed by atoms with Gasteiger partial charge in [-0.2, -0.15) is 0 Å². The van der Waals surface area contributed by atoms with Crippen LogP contribution in [0, 0.1) is 0 Å². The van der Waals surface area contributed by atoms with E-state index in [2.05, 4.69) is 20.9 Å². The first-order valence-electron chi connectivity index (χ1n) is 5.83. The molecule has 0 aliphatic carbocycles. The van der Waals surface area contributed by atoms with E-state index in [0.717, 1.165) is 26.8 Å². The van der Waals surface area contributed by atoms with E-state index >= 15 is 0 Å². The van der Waals surface area contributed by atoms with E-state index in [4.69, 9.17) is 9.84 Å². The average molecular weight is 343 g/mol. The van der Waals surface area contributed by atoms with E-state index in [1.165, 1.54) is 0 Å². The van der Waals surface area contributed by atoms with Gasteiger partial charge in [-0.1, -0.05) is 33.8 Å². The first-order chi connectivity index (χ1) is 9.20. The zero-order valence-electron chi connectivity index (χ0n) is 10.5. The number of aliphatic hydroxyl groups excluding tert-OH is 1. The second kappa shape index (κ2) is 6.98. The third-order valence-corrected chi connectivity index (χ3v) is 4.08. The summed E-state index contributed by atoms with van der Waals surface area (Å²) in [6, 6.07) is 7.78. The Morgan fingerprint density at radius 3 is 3.00 bits per heavy atom. The van der Waals surface area contributed by atoms with E-state index in [-0.39, 0.29) is 6.61 Å². The molecular formula is C13H15BrN2O2S. The number of rotatable bonds is 6. The number of thioether (sulfide) groups is 1. The summed E-state index contributed by atoms with van der Waals surface area (Å²) in [7, 11) is 1.90. The maximum atomic E-state index is 9.08. The Bertz CT molecular complexity index is 545. The van der Waals surface area contributed by atoms with Crippen molar-refractivity contribution in [3.8, 4) is 5.75 Å². The van der Waals surface area contributed by atoms with Crippen LogP contribution in [0.25, 0.3) is 0 Å². The number of aliphatic hydroxyl groups is 1. The van der Waals surface area contributed by atoms with Crippen molar-refractivity contribution in [1.82, 2.24) is 9.55 Å². The molecule has 0 saturated heterocycles.